The summed E-state index contributed by atoms with van der Waals surface area (Å²) in [4.78, 5) is 28.8. The van der Waals surface area contributed by atoms with E-state index >= 15 is 0 Å². The van der Waals surface area contributed by atoms with E-state index in [9.17, 15) is 9.59 Å². The third-order valence-corrected chi connectivity index (χ3v) is 5.44. The minimum Gasteiger partial charge on any atom is -0.486 e. The van der Waals surface area contributed by atoms with Gasteiger partial charge in [-0.25, -0.2) is 0 Å². The lowest BCUT2D eigenvalue weighted by molar-refractivity contribution is -0.136. The molecule has 0 bridgehead atoms. The van der Waals surface area contributed by atoms with Crippen molar-refractivity contribution < 1.29 is 19.1 Å². The fraction of sp³-hybridized carbons (Fsp3) is 0.579. The maximum Gasteiger partial charge on any atom is 0.228 e. The Labute approximate surface area is 147 Å². The van der Waals surface area contributed by atoms with Gasteiger partial charge in [0.1, 0.15) is 13.2 Å². The largest absolute Gasteiger partial charge is 0.486 e. The van der Waals surface area contributed by atoms with Gasteiger partial charge in [0.15, 0.2) is 11.5 Å². The second-order valence-corrected chi connectivity index (χ2v) is 6.89. The molecule has 0 spiro atoms. The number of hydrogen-bond acceptors (Lipinski definition) is 4. The van der Waals surface area contributed by atoms with Gasteiger partial charge < -0.3 is 19.3 Å². The molecule has 6 heteroatoms. The normalized spacial score (nSPS) is 25.6. The smallest absolute Gasteiger partial charge is 0.228 e. The monoisotopic (exact) mass is 344 g/mol. The van der Waals surface area contributed by atoms with Gasteiger partial charge in [-0.3, -0.25) is 9.59 Å². The van der Waals surface area contributed by atoms with Crippen LogP contribution in [0.3, 0.4) is 0 Å². The van der Waals surface area contributed by atoms with Crippen LogP contribution in [0.15, 0.2) is 18.2 Å². The number of rotatable bonds is 3. The van der Waals surface area contributed by atoms with Crippen LogP contribution in [0.25, 0.3) is 0 Å². The van der Waals surface area contributed by atoms with Gasteiger partial charge in [-0.1, -0.05) is 12.1 Å². The Hall–Kier alpha value is -2.24. The number of amides is 2. The van der Waals surface area contributed by atoms with Crippen molar-refractivity contribution >= 4 is 11.8 Å². The highest BCUT2D eigenvalue weighted by molar-refractivity contribution is 5.89. The molecule has 0 radical (unpaired) electrons. The van der Waals surface area contributed by atoms with Gasteiger partial charge in [-0.15, -0.1) is 0 Å². The molecule has 0 aliphatic carbocycles. The molecule has 0 N–H and O–H groups in total. The van der Waals surface area contributed by atoms with Crippen molar-refractivity contribution in [1.29, 1.82) is 0 Å². The summed E-state index contributed by atoms with van der Waals surface area (Å²) in [5, 5.41) is 0. The van der Waals surface area contributed by atoms with Crippen LogP contribution in [0.5, 0.6) is 11.5 Å². The van der Waals surface area contributed by atoms with Crippen LogP contribution in [0.4, 0.5) is 0 Å². The summed E-state index contributed by atoms with van der Waals surface area (Å²) in [5.74, 6) is 1.50. The maximum atomic E-state index is 13.1. The van der Waals surface area contributed by atoms with Crippen LogP contribution in [0.1, 0.15) is 37.8 Å². The zero-order valence-electron chi connectivity index (χ0n) is 14.6. The van der Waals surface area contributed by atoms with Gasteiger partial charge in [-0.05, 0) is 25.8 Å². The molecule has 0 aromatic heterocycles. The first-order valence-electron chi connectivity index (χ1n) is 9.15. The van der Waals surface area contributed by atoms with Gasteiger partial charge in [0, 0.05) is 31.6 Å². The second-order valence-electron chi connectivity index (χ2n) is 6.89. The van der Waals surface area contributed by atoms with Crippen LogP contribution in [-0.2, 0) is 9.59 Å². The fourth-order valence-corrected chi connectivity index (χ4v) is 4.19. The number of likely N-dealkylation sites (tertiary alicyclic amines) is 2. The first-order chi connectivity index (χ1) is 12.2. The number of para-hydroxylation sites is 1. The van der Waals surface area contributed by atoms with Crippen molar-refractivity contribution in [3.8, 4) is 11.5 Å². The first-order valence-corrected chi connectivity index (χ1v) is 9.15. The van der Waals surface area contributed by atoms with E-state index in [0.717, 1.165) is 36.4 Å². The fourth-order valence-electron chi connectivity index (χ4n) is 4.19. The Morgan fingerprint density at radius 1 is 1.28 bits per heavy atom. The number of fused-ring (bicyclic) bond motifs is 1. The molecule has 0 unspecified atom stereocenters. The number of carbonyl (C=O) groups is 2. The molecule has 2 saturated heterocycles. The SMILES string of the molecule is CCN1C[C@@H](C(=O)N2CCC[C@@H]2c2cccc3c2OCCO3)CC1=O. The van der Waals surface area contributed by atoms with Crippen molar-refractivity contribution in [2.24, 2.45) is 5.92 Å². The average molecular weight is 344 g/mol. The summed E-state index contributed by atoms with van der Waals surface area (Å²) in [6, 6.07) is 5.91. The minimum atomic E-state index is -0.218. The van der Waals surface area contributed by atoms with E-state index in [4.69, 9.17) is 9.47 Å². The molecule has 0 saturated carbocycles. The number of benzene rings is 1. The van der Waals surface area contributed by atoms with Gasteiger partial charge in [0.2, 0.25) is 11.8 Å². The van der Waals surface area contributed by atoms with Crippen molar-refractivity contribution in [3.05, 3.63) is 23.8 Å². The number of ether oxygens (including phenoxy) is 2. The van der Waals surface area contributed by atoms with Crippen LogP contribution < -0.4 is 9.47 Å². The quantitative estimate of drug-likeness (QED) is 0.841. The third-order valence-electron chi connectivity index (χ3n) is 5.44. The highest BCUT2D eigenvalue weighted by Gasteiger charge is 2.40. The molecule has 3 aliphatic heterocycles. The molecule has 3 heterocycles. The van der Waals surface area contributed by atoms with E-state index in [0.29, 0.717) is 32.7 Å². The van der Waals surface area contributed by atoms with E-state index in [1.165, 1.54) is 0 Å². The predicted octanol–water partition coefficient (Wildman–Crippen LogP) is 1.99. The topological polar surface area (TPSA) is 59.1 Å². The van der Waals surface area contributed by atoms with Gasteiger partial charge in [0.25, 0.3) is 0 Å². The lowest BCUT2D eigenvalue weighted by atomic mass is 10.0. The van der Waals surface area contributed by atoms with Crippen LogP contribution >= 0.6 is 0 Å². The molecular weight excluding hydrogens is 320 g/mol. The van der Waals surface area contributed by atoms with Gasteiger partial charge >= 0.3 is 0 Å². The molecule has 2 fully saturated rings. The van der Waals surface area contributed by atoms with E-state index in [1.54, 1.807) is 4.90 Å². The Balaban J connectivity index is 1.57. The van der Waals surface area contributed by atoms with E-state index < -0.39 is 0 Å². The summed E-state index contributed by atoms with van der Waals surface area (Å²) in [6.07, 6.45) is 2.23. The summed E-state index contributed by atoms with van der Waals surface area (Å²) >= 11 is 0. The lowest BCUT2D eigenvalue weighted by Crippen LogP contribution is -2.37. The van der Waals surface area contributed by atoms with E-state index in [-0.39, 0.29) is 23.8 Å². The highest BCUT2D eigenvalue weighted by Crippen LogP contribution is 2.43. The van der Waals surface area contributed by atoms with Crippen molar-refractivity contribution in [2.45, 2.75) is 32.2 Å². The van der Waals surface area contributed by atoms with Gasteiger partial charge in [-0.2, -0.15) is 0 Å². The first kappa shape index (κ1) is 16.2. The van der Waals surface area contributed by atoms with E-state index in [1.807, 2.05) is 30.0 Å². The van der Waals surface area contributed by atoms with Crippen LogP contribution in [0.2, 0.25) is 0 Å². The Kier molecular flexibility index (Phi) is 4.27. The highest BCUT2D eigenvalue weighted by atomic mass is 16.6. The zero-order chi connectivity index (χ0) is 17.4. The van der Waals surface area contributed by atoms with Crippen molar-refractivity contribution in [3.63, 3.8) is 0 Å². The maximum absolute atomic E-state index is 13.1. The Bertz CT molecular complexity index is 690. The van der Waals surface area contributed by atoms with Gasteiger partial charge in [0.05, 0.1) is 12.0 Å². The molecule has 6 nitrogen and oxygen atoms in total. The molecule has 1 aromatic rings. The minimum absolute atomic E-state index is 0.00919. The zero-order valence-corrected chi connectivity index (χ0v) is 14.6. The van der Waals surface area contributed by atoms with Crippen molar-refractivity contribution in [2.75, 3.05) is 32.8 Å². The number of carbonyl (C=O) groups excluding carboxylic acids is 2. The third kappa shape index (κ3) is 2.83. The molecule has 3 aliphatic rings. The summed E-state index contributed by atoms with van der Waals surface area (Å²) in [5.41, 5.74) is 1.03. The number of hydrogen-bond donors (Lipinski definition) is 0. The Morgan fingerprint density at radius 2 is 2.12 bits per heavy atom. The molecule has 4 rings (SSSR count). The molecule has 2 amide bonds. The molecule has 25 heavy (non-hydrogen) atoms. The predicted molar refractivity (Wildman–Crippen MR) is 91.5 cm³/mol. The second kappa shape index (κ2) is 6.58. The summed E-state index contributed by atoms with van der Waals surface area (Å²) in [7, 11) is 0. The summed E-state index contributed by atoms with van der Waals surface area (Å²) < 4.78 is 11.5. The molecule has 134 valence electrons. The van der Waals surface area contributed by atoms with Crippen LogP contribution in [0, 0.1) is 5.92 Å². The molecule has 2 atom stereocenters. The Morgan fingerprint density at radius 3 is 2.92 bits per heavy atom. The number of nitrogens with zero attached hydrogens (tertiary/aromatic N) is 2. The van der Waals surface area contributed by atoms with Crippen molar-refractivity contribution in [1.82, 2.24) is 9.80 Å². The average Bonchev–Trinajstić information content (AvgIpc) is 3.27. The summed E-state index contributed by atoms with van der Waals surface area (Å²) in [6.45, 7) is 5.00. The molecule has 1 aromatic carbocycles. The van der Waals surface area contributed by atoms with E-state index in [2.05, 4.69) is 0 Å². The van der Waals surface area contributed by atoms with Crippen LogP contribution in [-0.4, -0.2) is 54.5 Å². The lowest BCUT2D eigenvalue weighted by Gasteiger charge is -2.30. The molecular formula is C19H24N2O4. The standard InChI is InChI=1S/C19H24N2O4/c1-2-20-12-13(11-17(20)22)19(23)21-8-4-6-15(21)14-5-3-7-16-18(14)25-10-9-24-16/h3,5,7,13,15H,2,4,6,8-12H2,1H3/t13-,15+/m0/s1.